The second-order valence-electron chi connectivity index (χ2n) is 4.63. The normalized spacial score (nSPS) is 12.9. The van der Waals surface area contributed by atoms with Crippen LogP contribution in [0.5, 0.6) is 0 Å². The average Bonchev–Trinajstić information content (AvgIpc) is 2.14. The molecule has 0 spiro atoms. The minimum Gasteiger partial charge on any atom is -0.356 e. The number of hydrogen-bond acceptors (Lipinski definition) is 2. The van der Waals surface area contributed by atoms with Crippen LogP contribution >= 0.6 is 0 Å². The van der Waals surface area contributed by atoms with Crippen molar-refractivity contribution in [1.29, 1.82) is 0 Å². The topological polar surface area (TPSA) is 55.1 Å². The van der Waals surface area contributed by atoms with E-state index in [4.69, 9.17) is 5.73 Å². The highest BCUT2D eigenvalue weighted by Gasteiger charge is 2.09. The molecule has 0 saturated heterocycles. The molecule has 1 amide bonds. The summed E-state index contributed by atoms with van der Waals surface area (Å²) in [6.45, 7) is 7.78. The van der Waals surface area contributed by atoms with Gasteiger partial charge in [0.1, 0.15) is 0 Å². The summed E-state index contributed by atoms with van der Waals surface area (Å²) in [5, 5.41) is 2.99. The maximum atomic E-state index is 11.4. The van der Waals surface area contributed by atoms with Gasteiger partial charge >= 0.3 is 0 Å². The van der Waals surface area contributed by atoms with Gasteiger partial charge in [-0.2, -0.15) is 0 Å². The van der Waals surface area contributed by atoms with Crippen LogP contribution < -0.4 is 11.1 Å². The molecular weight excluding hydrogens is 188 g/mol. The Labute approximate surface area is 93.8 Å². The van der Waals surface area contributed by atoms with E-state index >= 15 is 0 Å². The highest BCUT2D eigenvalue weighted by atomic mass is 16.1. The summed E-state index contributed by atoms with van der Waals surface area (Å²) in [6.07, 6.45) is 3.95. The number of rotatable bonds is 8. The van der Waals surface area contributed by atoms with Gasteiger partial charge in [-0.25, -0.2) is 0 Å². The number of hydrogen-bond donors (Lipinski definition) is 2. The predicted molar refractivity (Wildman–Crippen MR) is 64.5 cm³/mol. The molecule has 90 valence electrons. The zero-order valence-corrected chi connectivity index (χ0v) is 10.4. The second kappa shape index (κ2) is 8.72. The minimum atomic E-state index is 0.170. The fourth-order valence-electron chi connectivity index (χ4n) is 1.69. The lowest BCUT2D eigenvalue weighted by atomic mass is 9.99. The fraction of sp³-hybridized carbons (Fsp3) is 0.917. The number of nitrogens with one attached hydrogen (secondary N) is 1. The first-order chi connectivity index (χ1) is 7.10. The summed E-state index contributed by atoms with van der Waals surface area (Å²) in [5.74, 6) is 1.16. The molecule has 0 fully saturated rings. The molecule has 0 rings (SSSR count). The zero-order chi connectivity index (χ0) is 11.7. The summed E-state index contributed by atoms with van der Waals surface area (Å²) in [4.78, 5) is 11.4. The monoisotopic (exact) mass is 214 g/mol. The molecule has 0 radical (unpaired) electrons. The van der Waals surface area contributed by atoms with Crippen LogP contribution in [0, 0.1) is 11.8 Å². The molecule has 15 heavy (non-hydrogen) atoms. The van der Waals surface area contributed by atoms with Gasteiger partial charge in [0.15, 0.2) is 0 Å². The third-order valence-corrected chi connectivity index (χ3v) is 2.45. The molecule has 0 heterocycles. The lowest BCUT2D eigenvalue weighted by molar-refractivity contribution is -0.122. The molecule has 0 bridgehead atoms. The van der Waals surface area contributed by atoms with Crippen LogP contribution in [0.1, 0.15) is 46.5 Å². The Bertz CT molecular complexity index is 163. The highest BCUT2D eigenvalue weighted by Crippen LogP contribution is 2.09. The number of carbonyl (C=O) groups excluding carboxylic acids is 1. The summed E-state index contributed by atoms with van der Waals surface area (Å²) in [7, 11) is 0. The van der Waals surface area contributed by atoms with Crippen molar-refractivity contribution in [3.05, 3.63) is 0 Å². The Hall–Kier alpha value is -0.570. The van der Waals surface area contributed by atoms with E-state index in [0.29, 0.717) is 24.8 Å². The van der Waals surface area contributed by atoms with E-state index in [1.807, 2.05) is 0 Å². The summed E-state index contributed by atoms with van der Waals surface area (Å²) in [5.41, 5.74) is 5.53. The second-order valence-corrected chi connectivity index (χ2v) is 4.63. The molecule has 0 aromatic rings. The Balaban J connectivity index is 3.72. The van der Waals surface area contributed by atoms with Crippen LogP contribution in [0.15, 0.2) is 0 Å². The molecule has 0 aromatic heterocycles. The molecule has 0 aliphatic heterocycles. The van der Waals surface area contributed by atoms with Crippen LogP contribution in [-0.4, -0.2) is 19.0 Å². The number of nitrogens with two attached hydrogens (primary N) is 1. The maximum Gasteiger partial charge on any atom is 0.220 e. The van der Waals surface area contributed by atoms with Gasteiger partial charge in [-0.3, -0.25) is 4.79 Å². The highest BCUT2D eigenvalue weighted by molar-refractivity contribution is 5.76. The van der Waals surface area contributed by atoms with Gasteiger partial charge in [-0.1, -0.05) is 27.2 Å². The smallest absolute Gasteiger partial charge is 0.220 e. The third-order valence-electron chi connectivity index (χ3n) is 2.45. The molecule has 0 aliphatic rings. The third kappa shape index (κ3) is 8.43. The van der Waals surface area contributed by atoms with Crippen molar-refractivity contribution < 1.29 is 4.79 Å². The lowest BCUT2D eigenvalue weighted by Gasteiger charge is -2.16. The van der Waals surface area contributed by atoms with E-state index in [2.05, 4.69) is 26.1 Å². The van der Waals surface area contributed by atoms with Crippen LogP contribution in [0.2, 0.25) is 0 Å². The van der Waals surface area contributed by atoms with E-state index in [1.165, 1.54) is 0 Å². The Morgan fingerprint density at radius 1 is 1.33 bits per heavy atom. The largest absolute Gasteiger partial charge is 0.356 e. The molecule has 3 heteroatoms. The van der Waals surface area contributed by atoms with Crippen molar-refractivity contribution in [1.82, 2.24) is 5.32 Å². The Morgan fingerprint density at radius 3 is 2.47 bits per heavy atom. The van der Waals surface area contributed by atoms with Crippen LogP contribution in [-0.2, 0) is 4.79 Å². The maximum absolute atomic E-state index is 11.4. The molecule has 0 aromatic carbocycles. The van der Waals surface area contributed by atoms with Gasteiger partial charge in [0.25, 0.3) is 0 Å². The first-order valence-electron chi connectivity index (χ1n) is 6.06. The van der Waals surface area contributed by atoms with Gasteiger partial charge in [-0.05, 0) is 31.2 Å². The van der Waals surface area contributed by atoms with E-state index < -0.39 is 0 Å². The van der Waals surface area contributed by atoms with Crippen LogP contribution in [0.25, 0.3) is 0 Å². The quantitative estimate of drug-likeness (QED) is 0.648. The zero-order valence-electron chi connectivity index (χ0n) is 10.4. The Kier molecular flexibility index (Phi) is 8.38. The number of amides is 1. The first-order valence-corrected chi connectivity index (χ1v) is 6.06. The average molecular weight is 214 g/mol. The van der Waals surface area contributed by atoms with Crippen molar-refractivity contribution in [3.8, 4) is 0 Å². The molecule has 1 unspecified atom stereocenters. The van der Waals surface area contributed by atoms with Crippen LogP contribution in [0.4, 0.5) is 0 Å². The molecular formula is C12H26N2O. The minimum absolute atomic E-state index is 0.170. The van der Waals surface area contributed by atoms with Crippen LogP contribution in [0.3, 0.4) is 0 Å². The predicted octanol–water partition coefficient (Wildman–Crippen LogP) is 1.91. The SMILES string of the molecule is CCCC(CCN)CNC(=O)CC(C)C. The van der Waals surface area contributed by atoms with E-state index in [9.17, 15) is 4.79 Å². The van der Waals surface area contributed by atoms with Gasteiger partial charge in [-0.15, -0.1) is 0 Å². The summed E-state index contributed by atoms with van der Waals surface area (Å²) >= 11 is 0. The standard InChI is InChI=1S/C12H26N2O/c1-4-5-11(6-7-13)9-14-12(15)8-10(2)3/h10-11H,4-9,13H2,1-3H3,(H,14,15). The molecule has 3 N–H and O–H groups in total. The van der Waals surface area contributed by atoms with Crippen molar-refractivity contribution in [2.24, 2.45) is 17.6 Å². The van der Waals surface area contributed by atoms with E-state index in [0.717, 1.165) is 25.8 Å². The Morgan fingerprint density at radius 2 is 2.00 bits per heavy atom. The lowest BCUT2D eigenvalue weighted by Crippen LogP contribution is -2.30. The molecule has 0 saturated carbocycles. The molecule has 3 nitrogen and oxygen atoms in total. The summed E-state index contributed by atoms with van der Waals surface area (Å²) in [6, 6.07) is 0. The molecule has 0 aliphatic carbocycles. The van der Waals surface area contributed by atoms with Crippen molar-refractivity contribution in [3.63, 3.8) is 0 Å². The fourth-order valence-corrected chi connectivity index (χ4v) is 1.69. The first kappa shape index (κ1) is 14.4. The van der Waals surface area contributed by atoms with Gasteiger partial charge in [0.2, 0.25) is 5.91 Å². The van der Waals surface area contributed by atoms with E-state index in [1.54, 1.807) is 0 Å². The van der Waals surface area contributed by atoms with Gasteiger partial charge < -0.3 is 11.1 Å². The molecule has 1 atom stereocenters. The van der Waals surface area contributed by atoms with Crippen molar-refractivity contribution in [2.75, 3.05) is 13.1 Å². The van der Waals surface area contributed by atoms with E-state index in [-0.39, 0.29) is 5.91 Å². The van der Waals surface area contributed by atoms with Gasteiger partial charge in [0, 0.05) is 13.0 Å². The van der Waals surface area contributed by atoms with Gasteiger partial charge in [0.05, 0.1) is 0 Å². The van der Waals surface area contributed by atoms with Crippen molar-refractivity contribution in [2.45, 2.75) is 46.5 Å². The number of carbonyl (C=O) groups is 1. The summed E-state index contributed by atoms with van der Waals surface area (Å²) < 4.78 is 0. The van der Waals surface area contributed by atoms with Crippen molar-refractivity contribution >= 4 is 5.91 Å².